The maximum absolute atomic E-state index is 12.4. The Balaban J connectivity index is 1.28. The highest BCUT2D eigenvalue weighted by Gasteiger charge is 2.20. The first-order chi connectivity index (χ1) is 12.8. The Hall–Kier alpha value is -2.33. The van der Waals surface area contributed by atoms with Crippen molar-refractivity contribution in [3.63, 3.8) is 0 Å². The van der Waals surface area contributed by atoms with Crippen LogP contribution in [0.15, 0.2) is 48.5 Å². The number of hydrogen-bond acceptors (Lipinski definition) is 3. The molecule has 4 rings (SSSR count). The fraction of sp³-hybridized carbons (Fsp3) is 0.409. The number of amides is 1. The SMILES string of the molecule is O=C(NC[C@H]1COc2ccccc2C1)c1ccc(CN2CCCC2)cc1. The van der Waals surface area contributed by atoms with Crippen LogP contribution in [0.5, 0.6) is 5.75 Å². The molecule has 1 amide bonds. The van der Waals surface area contributed by atoms with Gasteiger partial charge in [-0.15, -0.1) is 0 Å². The van der Waals surface area contributed by atoms with Gasteiger partial charge >= 0.3 is 0 Å². The Morgan fingerprint density at radius 3 is 2.65 bits per heavy atom. The minimum Gasteiger partial charge on any atom is -0.493 e. The summed E-state index contributed by atoms with van der Waals surface area (Å²) in [6, 6.07) is 16.2. The smallest absolute Gasteiger partial charge is 0.251 e. The highest BCUT2D eigenvalue weighted by molar-refractivity contribution is 5.94. The average Bonchev–Trinajstić information content (AvgIpc) is 3.19. The number of likely N-dealkylation sites (tertiary alicyclic amines) is 1. The third kappa shape index (κ3) is 4.07. The van der Waals surface area contributed by atoms with E-state index in [9.17, 15) is 4.79 Å². The van der Waals surface area contributed by atoms with E-state index in [-0.39, 0.29) is 5.91 Å². The molecule has 2 aromatic carbocycles. The van der Waals surface area contributed by atoms with Gasteiger partial charge in [-0.05, 0) is 61.7 Å². The summed E-state index contributed by atoms with van der Waals surface area (Å²) in [7, 11) is 0. The lowest BCUT2D eigenvalue weighted by Crippen LogP contribution is -2.34. The van der Waals surface area contributed by atoms with Crippen LogP contribution in [0.25, 0.3) is 0 Å². The van der Waals surface area contributed by atoms with Crippen LogP contribution in [-0.4, -0.2) is 37.0 Å². The Labute approximate surface area is 155 Å². The summed E-state index contributed by atoms with van der Waals surface area (Å²) in [6.07, 6.45) is 3.55. The van der Waals surface area contributed by atoms with Crippen molar-refractivity contribution in [2.75, 3.05) is 26.2 Å². The largest absolute Gasteiger partial charge is 0.493 e. The van der Waals surface area contributed by atoms with Crippen LogP contribution in [0.2, 0.25) is 0 Å². The fourth-order valence-electron chi connectivity index (χ4n) is 3.82. The minimum absolute atomic E-state index is 0.00317. The molecule has 0 aromatic heterocycles. The summed E-state index contributed by atoms with van der Waals surface area (Å²) >= 11 is 0. The van der Waals surface area contributed by atoms with Crippen LogP contribution in [0.3, 0.4) is 0 Å². The molecule has 1 N–H and O–H groups in total. The molecule has 26 heavy (non-hydrogen) atoms. The van der Waals surface area contributed by atoms with E-state index in [2.05, 4.69) is 28.4 Å². The lowest BCUT2D eigenvalue weighted by molar-refractivity contribution is 0.0939. The molecule has 0 unspecified atom stereocenters. The molecule has 2 aliphatic rings. The molecular weight excluding hydrogens is 324 g/mol. The second kappa shape index (κ2) is 7.92. The van der Waals surface area contributed by atoms with Crippen LogP contribution in [0.4, 0.5) is 0 Å². The Bertz CT molecular complexity index is 751. The molecule has 136 valence electrons. The number of fused-ring (bicyclic) bond motifs is 1. The monoisotopic (exact) mass is 350 g/mol. The van der Waals surface area contributed by atoms with Gasteiger partial charge in [0.2, 0.25) is 0 Å². The molecule has 4 nitrogen and oxygen atoms in total. The second-order valence-electron chi connectivity index (χ2n) is 7.38. The highest BCUT2D eigenvalue weighted by atomic mass is 16.5. The maximum Gasteiger partial charge on any atom is 0.251 e. The van der Waals surface area contributed by atoms with Crippen molar-refractivity contribution in [1.82, 2.24) is 10.2 Å². The van der Waals surface area contributed by atoms with E-state index in [4.69, 9.17) is 4.74 Å². The summed E-state index contributed by atoms with van der Waals surface area (Å²) in [6.45, 7) is 4.67. The molecule has 0 radical (unpaired) electrons. The molecule has 0 saturated carbocycles. The molecular formula is C22H26N2O2. The predicted molar refractivity (Wildman–Crippen MR) is 102 cm³/mol. The Kier molecular flexibility index (Phi) is 5.21. The van der Waals surface area contributed by atoms with Crippen LogP contribution in [0, 0.1) is 5.92 Å². The molecule has 1 saturated heterocycles. The molecule has 2 aromatic rings. The van der Waals surface area contributed by atoms with Crippen molar-refractivity contribution < 1.29 is 9.53 Å². The molecule has 2 aliphatic heterocycles. The normalized spacial score (nSPS) is 19.6. The van der Waals surface area contributed by atoms with E-state index in [1.165, 1.54) is 37.1 Å². The standard InChI is InChI=1S/C22H26N2O2/c25-22(19-9-7-17(8-10-19)15-24-11-3-4-12-24)23-14-18-13-20-5-1-2-6-21(20)26-16-18/h1-2,5-10,18H,3-4,11-16H2,(H,23,25)/t18-/m0/s1. The third-order valence-corrected chi connectivity index (χ3v) is 5.33. The molecule has 1 atom stereocenters. The summed E-state index contributed by atoms with van der Waals surface area (Å²) in [5.41, 5.74) is 3.23. The van der Waals surface area contributed by atoms with Crippen molar-refractivity contribution in [3.8, 4) is 5.75 Å². The number of carbonyl (C=O) groups excluding carboxylic acids is 1. The van der Waals surface area contributed by atoms with Crippen molar-refractivity contribution in [3.05, 3.63) is 65.2 Å². The van der Waals surface area contributed by atoms with Gasteiger partial charge in [0.1, 0.15) is 5.75 Å². The zero-order valence-electron chi connectivity index (χ0n) is 15.1. The maximum atomic E-state index is 12.4. The van der Waals surface area contributed by atoms with Crippen LogP contribution in [0.1, 0.15) is 34.3 Å². The van der Waals surface area contributed by atoms with Gasteiger partial charge in [0, 0.05) is 24.6 Å². The molecule has 4 heteroatoms. The van der Waals surface area contributed by atoms with Crippen LogP contribution < -0.4 is 10.1 Å². The van der Waals surface area contributed by atoms with Crippen molar-refractivity contribution in [2.24, 2.45) is 5.92 Å². The summed E-state index contributed by atoms with van der Waals surface area (Å²) in [5.74, 6) is 1.29. The fourth-order valence-corrected chi connectivity index (χ4v) is 3.82. The number of ether oxygens (including phenoxy) is 1. The number of rotatable bonds is 5. The van der Waals surface area contributed by atoms with Gasteiger partial charge in [0.15, 0.2) is 0 Å². The van der Waals surface area contributed by atoms with E-state index < -0.39 is 0 Å². The number of hydrogen-bond donors (Lipinski definition) is 1. The van der Waals surface area contributed by atoms with Crippen LogP contribution >= 0.6 is 0 Å². The Morgan fingerprint density at radius 2 is 1.85 bits per heavy atom. The molecule has 0 aliphatic carbocycles. The number of nitrogens with one attached hydrogen (secondary N) is 1. The van der Waals surface area contributed by atoms with E-state index in [1.807, 2.05) is 30.3 Å². The van der Waals surface area contributed by atoms with Crippen molar-refractivity contribution in [1.29, 1.82) is 0 Å². The van der Waals surface area contributed by atoms with Gasteiger partial charge in [-0.2, -0.15) is 0 Å². The summed E-state index contributed by atoms with van der Waals surface area (Å²) in [5, 5.41) is 3.06. The van der Waals surface area contributed by atoms with Gasteiger partial charge in [0.05, 0.1) is 6.61 Å². The molecule has 1 fully saturated rings. The number of carbonyl (C=O) groups is 1. The van der Waals surface area contributed by atoms with Crippen LogP contribution in [-0.2, 0) is 13.0 Å². The first kappa shape index (κ1) is 17.1. The zero-order valence-corrected chi connectivity index (χ0v) is 15.1. The summed E-state index contributed by atoms with van der Waals surface area (Å²) < 4.78 is 5.80. The lowest BCUT2D eigenvalue weighted by atomic mass is 9.96. The zero-order chi connectivity index (χ0) is 17.8. The van der Waals surface area contributed by atoms with E-state index in [1.54, 1.807) is 0 Å². The first-order valence-corrected chi connectivity index (χ1v) is 9.58. The van der Waals surface area contributed by atoms with Gasteiger partial charge in [0.25, 0.3) is 5.91 Å². The van der Waals surface area contributed by atoms with Gasteiger partial charge < -0.3 is 10.1 Å². The highest BCUT2D eigenvalue weighted by Crippen LogP contribution is 2.26. The lowest BCUT2D eigenvalue weighted by Gasteiger charge is -2.25. The van der Waals surface area contributed by atoms with Gasteiger partial charge in [-0.25, -0.2) is 0 Å². The Morgan fingerprint density at radius 1 is 1.08 bits per heavy atom. The quantitative estimate of drug-likeness (QED) is 0.900. The number of nitrogens with zero attached hydrogens (tertiary/aromatic N) is 1. The number of para-hydroxylation sites is 1. The third-order valence-electron chi connectivity index (χ3n) is 5.33. The van der Waals surface area contributed by atoms with E-state index >= 15 is 0 Å². The van der Waals surface area contributed by atoms with Crippen molar-refractivity contribution >= 4 is 5.91 Å². The summed E-state index contributed by atoms with van der Waals surface area (Å²) in [4.78, 5) is 14.9. The topological polar surface area (TPSA) is 41.6 Å². The predicted octanol–water partition coefficient (Wildman–Crippen LogP) is 3.26. The molecule has 2 heterocycles. The average molecular weight is 350 g/mol. The van der Waals surface area contributed by atoms with E-state index in [0.717, 1.165) is 24.3 Å². The van der Waals surface area contributed by atoms with E-state index in [0.29, 0.717) is 19.1 Å². The molecule has 0 bridgehead atoms. The van der Waals surface area contributed by atoms with Crippen molar-refractivity contribution in [2.45, 2.75) is 25.8 Å². The molecule has 0 spiro atoms. The van der Waals surface area contributed by atoms with Gasteiger partial charge in [-0.1, -0.05) is 30.3 Å². The first-order valence-electron chi connectivity index (χ1n) is 9.58. The number of benzene rings is 2. The van der Waals surface area contributed by atoms with Gasteiger partial charge in [-0.3, -0.25) is 9.69 Å². The minimum atomic E-state index is -0.00317. The second-order valence-corrected chi connectivity index (χ2v) is 7.38.